The Morgan fingerprint density at radius 1 is 1.13 bits per heavy atom. The van der Waals surface area contributed by atoms with Gasteiger partial charge in [0.1, 0.15) is 15.7 Å². The zero-order valence-corrected chi connectivity index (χ0v) is 18.5. The number of methoxy groups -OCH3 is 1. The fourth-order valence-electron chi connectivity index (χ4n) is 3.45. The van der Waals surface area contributed by atoms with Crippen molar-refractivity contribution in [3.8, 4) is 11.5 Å². The van der Waals surface area contributed by atoms with E-state index in [1.807, 2.05) is 6.07 Å². The van der Waals surface area contributed by atoms with Gasteiger partial charge in [0.2, 0.25) is 0 Å². The minimum atomic E-state index is -3.58. The monoisotopic (exact) mass is 458 g/mol. The van der Waals surface area contributed by atoms with Gasteiger partial charge in [0.15, 0.2) is 6.61 Å². The van der Waals surface area contributed by atoms with E-state index in [4.69, 9.17) is 9.47 Å². The van der Waals surface area contributed by atoms with E-state index in [1.165, 1.54) is 15.6 Å². The molecule has 0 saturated heterocycles. The minimum absolute atomic E-state index is 0.150. The molecule has 1 amide bonds. The van der Waals surface area contributed by atoms with Crippen LogP contribution in [0.15, 0.2) is 64.2 Å². The third-order valence-corrected chi connectivity index (χ3v) is 8.08. The lowest BCUT2D eigenvalue weighted by Crippen LogP contribution is -2.35. The van der Waals surface area contributed by atoms with Gasteiger partial charge in [-0.1, -0.05) is 12.1 Å². The molecule has 1 N–H and O–H groups in total. The van der Waals surface area contributed by atoms with Crippen molar-refractivity contribution >= 4 is 38.6 Å². The molecular formula is C22H22N2O5S2. The highest BCUT2D eigenvalue weighted by Gasteiger charge is 2.29. The molecule has 0 fully saturated rings. The van der Waals surface area contributed by atoms with Crippen LogP contribution in [-0.4, -0.2) is 34.6 Å². The summed E-state index contributed by atoms with van der Waals surface area (Å²) in [6.07, 6.45) is 1.46. The molecule has 0 radical (unpaired) electrons. The number of amides is 1. The second-order valence-electron chi connectivity index (χ2n) is 6.97. The Hall–Kier alpha value is -3.04. The fourth-order valence-corrected chi connectivity index (χ4v) is 6.09. The number of carbonyl (C=O) groups excluding carboxylic acids is 1. The number of benzene rings is 2. The maximum atomic E-state index is 13.0. The Morgan fingerprint density at radius 2 is 1.97 bits per heavy atom. The SMILES string of the molecule is COc1cccc(OCC(=O)Nc2ccc3c(c2)CCCN3S(=O)(=O)c2cccs2)c1. The number of nitrogens with one attached hydrogen (secondary N) is 1. The minimum Gasteiger partial charge on any atom is -0.497 e. The summed E-state index contributed by atoms with van der Waals surface area (Å²) in [4.78, 5) is 12.3. The summed E-state index contributed by atoms with van der Waals surface area (Å²) in [6, 6.07) is 15.7. The summed E-state index contributed by atoms with van der Waals surface area (Å²) in [5, 5.41) is 4.56. The fraction of sp³-hybridized carbons (Fsp3) is 0.227. The average molecular weight is 459 g/mol. The quantitative estimate of drug-likeness (QED) is 0.580. The van der Waals surface area contributed by atoms with Crippen LogP contribution in [0.25, 0.3) is 0 Å². The highest BCUT2D eigenvalue weighted by atomic mass is 32.2. The van der Waals surface area contributed by atoms with Crippen LogP contribution in [0.3, 0.4) is 0 Å². The summed E-state index contributed by atoms with van der Waals surface area (Å²) < 4.78 is 38.4. The molecule has 0 aliphatic carbocycles. The van der Waals surface area contributed by atoms with Crippen molar-refractivity contribution < 1.29 is 22.7 Å². The molecule has 1 aliphatic heterocycles. The molecule has 1 aromatic heterocycles. The summed E-state index contributed by atoms with van der Waals surface area (Å²) in [7, 11) is -2.01. The lowest BCUT2D eigenvalue weighted by Gasteiger charge is -2.30. The number of rotatable bonds is 7. The molecular weight excluding hydrogens is 436 g/mol. The zero-order chi connectivity index (χ0) is 21.8. The second kappa shape index (κ2) is 8.99. The van der Waals surface area contributed by atoms with E-state index in [0.29, 0.717) is 40.0 Å². The van der Waals surface area contributed by atoms with Crippen molar-refractivity contribution in [2.24, 2.45) is 0 Å². The molecule has 1 aliphatic rings. The van der Waals surface area contributed by atoms with Crippen LogP contribution < -0.4 is 19.1 Å². The number of anilines is 2. The van der Waals surface area contributed by atoms with E-state index in [1.54, 1.807) is 61.0 Å². The smallest absolute Gasteiger partial charge is 0.273 e. The van der Waals surface area contributed by atoms with E-state index < -0.39 is 10.0 Å². The number of aryl methyl sites for hydroxylation is 1. The van der Waals surface area contributed by atoms with Gasteiger partial charge in [-0.25, -0.2) is 8.42 Å². The van der Waals surface area contributed by atoms with Gasteiger partial charge >= 0.3 is 0 Å². The maximum Gasteiger partial charge on any atom is 0.273 e. The topological polar surface area (TPSA) is 84.9 Å². The van der Waals surface area contributed by atoms with Gasteiger partial charge in [-0.15, -0.1) is 11.3 Å². The summed E-state index contributed by atoms with van der Waals surface area (Å²) >= 11 is 1.21. The zero-order valence-electron chi connectivity index (χ0n) is 16.9. The van der Waals surface area contributed by atoms with Crippen molar-refractivity contribution in [2.75, 3.05) is 29.9 Å². The lowest BCUT2D eigenvalue weighted by atomic mass is 10.0. The van der Waals surface area contributed by atoms with E-state index in [9.17, 15) is 13.2 Å². The van der Waals surface area contributed by atoms with Gasteiger partial charge < -0.3 is 14.8 Å². The average Bonchev–Trinajstić information content (AvgIpc) is 3.33. The van der Waals surface area contributed by atoms with Gasteiger partial charge in [-0.2, -0.15) is 0 Å². The Bertz CT molecular complexity index is 1180. The van der Waals surface area contributed by atoms with E-state index in [0.717, 1.165) is 12.0 Å². The molecule has 4 rings (SSSR count). The third-order valence-electron chi connectivity index (χ3n) is 4.89. The highest BCUT2D eigenvalue weighted by Crippen LogP contribution is 2.34. The van der Waals surface area contributed by atoms with E-state index >= 15 is 0 Å². The van der Waals surface area contributed by atoms with Crippen LogP contribution in [0, 0.1) is 0 Å². The van der Waals surface area contributed by atoms with Crippen LogP contribution in [0.2, 0.25) is 0 Å². The maximum absolute atomic E-state index is 13.0. The summed E-state index contributed by atoms with van der Waals surface area (Å²) in [5.74, 6) is 0.880. The number of hydrogen-bond donors (Lipinski definition) is 1. The second-order valence-corrected chi connectivity index (χ2v) is 10.0. The molecule has 0 spiro atoms. The van der Waals surface area contributed by atoms with Crippen molar-refractivity contribution in [3.05, 3.63) is 65.5 Å². The molecule has 0 unspecified atom stereocenters. The van der Waals surface area contributed by atoms with Gasteiger partial charge in [-0.3, -0.25) is 9.10 Å². The number of hydrogen-bond acceptors (Lipinski definition) is 6. The predicted octanol–water partition coefficient (Wildman–Crippen LogP) is 3.92. The lowest BCUT2D eigenvalue weighted by molar-refractivity contribution is -0.118. The van der Waals surface area contributed by atoms with Crippen LogP contribution in [0.4, 0.5) is 11.4 Å². The molecule has 162 valence electrons. The Morgan fingerprint density at radius 3 is 2.74 bits per heavy atom. The number of ether oxygens (including phenoxy) is 2. The van der Waals surface area contributed by atoms with Crippen LogP contribution in [-0.2, 0) is 21.2 Å². The van der Waals surface area contributed by atoms with Crippen molar-refractivity contribution in [2.45, 2.75) is 17.1 Å². The Labute approximate surface area is 185 Å². The summed E-state index contributed by atoms with van der Waals surface area (Å²) in [5.41, 5.74) is 2.15. The molecule has 0 atom stereocenters. The molecule has 3 aromatic rings. The van der Waals surface area contributed by atoms with Crippen molar-refractivity contribution in [1.82, 2.24) is 0 Å². The van der Waals surface area contributed by atoms with Crippen LogP contribution in [0.1, 0.15) is 12.0 Å². The predicted molar refractivity (Wildman–Crippen MR) is 121 cm³/mol. The first-order valence-electron chi connectivity index (χ1n) is 9.73. The van der Waals surface area contributed by atoms with Crippen molar-refractivity contribution in [1.29, 1.82) is 0 Å². The molecule has 2 heterocycles. The number of nitrogens with zero attached hydrogens (tertiary/aromatic N) is 1. The first kappa shape index (κ1) is 21.2. The molecule has 0 saturated carbocycles. The number of fused-ring (bicyclic) bond motifs is 1. The van der Waals surface area contributed by atoms with Crippen molar-refractivity contribution in [3.63, 3.8) is 0 Å². The van der Waals surface area contributed by atoms with E-state index in [-0.39, 0.29) is 12.5 Å². The molecule has 0 bridgehead atoms. The standard InChI is InChI=1S/C22H22N2O5S2/c1-28-18-6-2-7-19(14-18)29-15-21(25)23-17-9-10-20-16(13-17)5-3-11-24(20)31(26,27)22-8-4-12-30-22/h2,4,6-10,12-14H,3,5,11,15H2,1H3,(H,23,25). The molecule has 2 aromatic carbocycles. The number of carbonyl (C=O) groups is 1. The van der Waals surface area contributed by atoms with Gasteiger partial charge in [-0.05, 0) is 60.2 Å². The largest absolute Gasteiger partial charge is 0.497 e. The van der Waals surface area contributed by atoms with Crippen LogP contribution in [0.5, 0.6) is 11.5 Å². The number of thiophene rings is 1. The summed E-state index contributed by atoms with van der Waals surface area (Å²) in [6.45, 7) is 0.288. The highest BCUT2D eigenvalue weighted by molar-refractivity contribution is 7.94. The molecule has 31 heavy (non-hydrogen) atoms. The van der Waals surface area contributed by atoms with Gasteiger partial charge in [0.25, 0.3) is 15.9 Å². The normalized spacial score (nSPS) is 13.4. The molecule has 7 nitrogen and oxygen atoms in total. The van der Waals surface area contributed by atoms with Crippen LogP contribution >= 0.6 is 11.3 Å². The van der Waals surface area contributed by atoms with Gasteiger partial charge in [0.05, 0.1) is 12.8 Å². The molecule has 9 heteroatoms. The number of sulfonamides is 1. The third kappa shape index (κ3) is 4.67. The van der Waals surface area contributed by atoms with E-state index in [2.05, 4.69) is 5.32 Å². The van der Waals surface area contributed by atoms with Gasteiger partial charge in [0, 0.05) is 18.3 Å². The Balaban J connectivity index is 1.45. The Kier molecular flexibility index (Phi) is 6.15. The first-order chi connectivity index (χ1) is 15.0. The first-order valence-corrected chi connectivity index (χ1v) is 12.1.